The molecule has 0 aromatic heterocycles. The maximum absolute atomic E-state index is 13.5. The minimum atomic E-state index is -0.993. The first-order chi connectivity index (χ1) is 13.1. The van der Waals surface area contributed by atoms with Gasteiger partial charge in [-0.15, -0.1) is 0 Å². The number of nitrogens with one attached hydrogen (secondary N) is 1. The van der Waals surface area contributed by atoms with Crippen molar-refractivity contribution >= 4 is 17.8 Å². The Bertz CT molecular complexity index is 806. The highest BCUT2D eigenvalue weighted by Crippen LogP contribution is 2.36. The van der Waals surface area contributed by atoms with Gasteiger partial charge < -0.3 is 10.2 Å². The lowest BCUT2D eigenvalue weighted by atomic mass is 9.77. The average Bonchev–Trinajstić information content (AvgIpc) is 2.89. The molecule has 4 amide bonds. The molecule has 1 aromatic rings. The fourth-order valence-electron chi connectivity index (χ4n) is 3.87. The van der Waals surface area contributed by atoms with Crippen LogP contribution in [0.1, 0.15) is 51.1 Å². The van der Waals surface area contributed by atoms with E-state index >= 15 is 0 Å². The van der Waals surface area contributed by atoms with Gasteiger partial charge in [-0.25, -0.2) is 13.6 Å². The second-order valence-corrected chi connectivity index (χ2v) is 7.94. The van der Waals surface area contributed by atoms with Gasteiger partial charge in [0, 0.05) is 7.05 Å². The number of imide groups is 1. The molecular weight excluding hydrogens is 368 g/mol. The largest absolute Gasteiger partial charge is 0.337 e. The maximum Gasteiger partial charge on any atom is 0.325 e. The third kappa shape index (κ3) is 3.59. The van der Waals surface area contributed by atoms with Gasteiger partial charge in [-0.3, -0.25) is 14.5 Å². The molecule has 2 fully saturated rings. The third-order valence-corrected chi connectivity index (χ3v) is 6.07. The summed E-state index contributed by atoms with van der Waals surface area (Å²) >= 11 is 0. The molecular formula is C20H25F2N3O3. The molecule has 1 N–H and O–H groups in total. The number of amides is 4. The van der Waals surface area contributed by atoms with Crippen LogP contribution in [0.2, 0.25) is 0 Å². The van der Waals surface area contributed by atoms with E-state index in [0.717, 1.165) is 29.9 Å². The molecule has 1 saturated heterocycles. The molecule has 1 aromatic carbocycles. The van der Waals surface area contributed by atoms with Gasteiger partial charge in [-0.05, 0) is 56.2 Å². The number of rotatable bonds is 4. The fraction of sp³-hybridized carbons (Fsp3) is 0.550. The molecule has 6 nitrogen and oxygen atoms in total. The number of hydrogen-bond acceptors (Lipinski definition) is 3. The second-order valence-electron chi connectivity index (χ2n) is 7.94. The quantitative estimate of drug-likeness (QED) is 0.800. The summed E-state index contributed by atoms with van der Waals surface area (Å²) in [5.74, 6) is -2.26. The predicted octanol–water partition coefficient (Wildman–Crippen LogP) is 2.98. The molecule has 8 heteroatoms. The van der Waals surface area contributed by atoms with Crippen molar-refractivity contribution in [2.24, 2.45) is 5.92 Å². The zero-order valence-electron chi connectivity index (χ0n) is 16.3. The second kappa shape index (κ2) is 7.48. The number of carbonyl (C=O) groups is 3. The van der Waals surface area contributed by atoms with Crippen LogP contribution in [-0.4, -0.2) is 46.8 Å². The van der Waals surface area contributed by atoms with E-state index in [2.05, 4.69) is 12.2 Å². The number of likely N-dealkylation sites (N-methyl/N-ethyl adjacent to an activating group) is 1. The van der Waals surface area contributed by atoms with Crippen molar-refractivity contribution in [1.82, 2.24) is 15.1 Å². The van der Waals surface area contributed by atoms with Crippen LogP contribution < -0.4 is 5.32 Å². The van der Waals surface area contributed by atoms with Gasteiger partial charge in [0.25, 0.3) is 5.91 Å². The lowest BCUT2D eigenvalue weighted by Gasteiger charge is -2.33. The summed E-state index contributed by atoms with van der Waals surface area (Å²) in [6.45, 7) is 3.40. The Hall–Kier alpha value is -2.51. The number of urea groups is 1. The van der Waals surface area contributed by atoms with Crippen molar-refractivity contribution in [3.63, 3.8) is 0 Å². The van der Waals surface area contributed by atoms with Gasteiger partial charge in [0.05, 0.1) is 6.04 Å². The monoisotopic (exact) mass is 393 g/mol. The SMILES string of the molecule is CC1CCC2(CC1)NC(=O)N(CC(=O)N(C)C(C)c1ccc(F)c(F)c1)C2=O. The van der Waals surface area contributed by atoms with Gasteiger partial charge in [0.15, 0.2) is 11.6 Å². The zero-order valence-corrected chi connectivity index (χ0v) is 16.3. The highest BCUT2D eigenvalue weighted by atomic mass is 19.2. The standard InChI is InChI=1S/C20H25F2N3O3/c1-12-6-8-20(9-7-12)18(27)25(19(28)23-20)11-17(26)24(3)13(2)14-4-5-15(21)16(22)10-14/h4-5,10,12-13H,6-9,11H2,1-3H3,(H,23,28). The topological polar surface area (TPSA) is 69.7 Å². The Kier molecular flexibility index (Phi) is 5.41. The Morgan fingerprint density at radius 3 is 2.54 bits per heavy atom. The van der Waals surface area contributed by atoms with Crippen molar-refractivity contribution in [2.75, 3.05) is 13.6 Å². The number of nitrogens with zero attached hydrogens (tertiary/aromatic N) is 2. The van der Waals surface area contributed by atoms with Crippen LogP contribution in [0, 0.1) is 17.6 Å². The van der Waals surface area contributed by atoms with Crippen molar-refractivity contribution in [3.8, 4) is 0 Å². The van der Waals surface area contributed by atoms with Crippen molar-refractivity contribution in [1.29, 1.82) is 0 Å². The molecule has 1 spiro atoms. The molecule has 0 bridgehead atoms. The van der Waals surface area contributed by atoms with Gasteiger partial charge in [0.2, 0.25) is 5.91 Å². The highest BCUT2D eigenvalue weighted by molar-refractivity contribution is 6.09. The molecule has 1 aliphatic carbocycles. The van der Waals surface area contributed by atoms with Crippen LogP contribution >= 0.6 is 0 Å². The van der Waals surface area contributed by atoms with Crippen LogP contribution in [0.4, 0.5) is 13.6 Å². The Labute approximate surface area is 162 Å². The minimum absolute atomic E-state index is 0.355. The van der Waals surface area contributed by atoms with Gasteiger partial charge >= 0.3 is 6.03 Å². The third-order valence-electron chi connectivity index (χ3n) is 6.07. The highest BCUT2D eigenvalue weighted by Gasteiger charge is 2.52. The van der Waals surface area contributed by atoms with Crippen molar-refractivity contribution < 1.29 is 23.2 Å². The van der Waals surface area contributed by atoms with E-state index in [1.807, 2.05) is 0 Å². The smallest absolute Gasteiger partial charge is 0.325 e. The normalized spacial score (nSPS) is 25.8. The lowest BCUT2D eigenvalue weighted by Crippen LogP contribution is -2.50. The van der Waals surface area contributed by atoms with E-state index in [-0.39, 0.29) is 12.5 Å². The number of halogens is 2. The van der Waals surface area contributed by atoms with Crippen molar-refractivity contribution in [2.45, 2.75) is 51.1 Å². The summed E-state index contributed by atoms with van der Waals surface area (Å²) in [4.78, 5) is 40.2. The maximum atomic E-state index is 13.5. The predicted molar refractivity (Wildman–Crippen MR) is 98.2 cm³/mol. The lowest BCUT2D eigenvalue weighted by molar-refractivity contribution is -0.140. The molecule has 3 rings (SSSR count). The van der Waals surface area contributed by atoms with Gasteiger partial charge in [0.1, 0.15) is 12.1 Å². The molecule has 1 aliphatic heterocycles. The summed E-state index contributed by atoms with van der Waals surface area (Å²) in [5.41, 5.74) is -0.474. The van der Waals surface area contributed by atoms with E-state index in [0.29, 0.717) is 24.3 Å². The van der Waals surface area contributed by atoms with Crippen LogP contribution in [-0.2, 0) is 9.59 Å². The number of carbonyl (C=O) groups excluding carboxylic acids is 3. The van der Waals surface area contributed by atoms with E-state index in [1.165, 1.54) is 18.0 Å². The Balaban J connectivity index is 1.68. The summed E-state index contributed by atoms with van der Waals surface area (Å²) < 4.78 is 26.6. The molecule has 28 heavy (non-hydrogen) atoms. The number of benzene rings is 1. The van der Waals surface area contributed by atoms with Gasteiger partial charge in [-0.1, -0.05) is 13.0 Å². The molecule has 152 valence electrons. The summed E-state index contributed by atoms with van der Waals surface area (Å²) in [6.07, 6.45) is 2.84. The molecule has 1 saturated carbocycles. The molecule has 1 atom stereocenters. The molecule has 2 aliphatic rings. The summed E-state index contributed by atoms with van der Waals surface area (Å²) in [6, 6.07) is 2.34. The van der Waals surface area contributed by atoms with Gasteiger partial charge in [-0.2, -0.15) is 0 Å². The molecule has 1 unspecified atom stereocenters. The Morgan fingerprint density at radius 2 is 1.93 bits per heavy atom. The van der Waals surface area contributed by atoms with Crippen molar-refractivity contribution in [3.05, 3.63) is 35.4 Å². The first-order valence-electron chi connectivity index (χ1n) is 9.49. The first kappa shape index (κ1) is 20.2. The van der Waals surface area contributed by atoms with Crippen LogP contribution in [0.15, 0.2) is 18.2 Å². The number of hydrogen-bond donors (Lipinski definition) is 1. The van der Waals surface area contributed by atoms with E-state index in [9.17, 15) is 23.2 Å². The molecule has 0 radical (unpaired) electrons. The minimum Gasteiger partial charge on any atom is -0.337 e. The first-order valence-corrected chi connectivity index (χ1v) is 9.49. The van der Waals surface area contributed by atoms with E-state index in [4.69, 9.17) is 0 Å². The average molecular weight is 393 g/mol. The summed E-state index contributed by atoms with van der Waals surface area (Å²) in [5, 5.41) is 2.78. The molecule has 1 heterocycles. The van der Waals surface area contributed by atoms with E-state index in [1.54, 1.807) is 6.92 Å². The summed E-state index contributed by atoms with van der Waals surface area (Å²) in [7, 11) is 1.50. The fourth-order valence-corrected chi connectivity index (χ4v) is 3.87. The van der Waals surface area contributed by atoms with E-state index < -0.39 is 35.2 Å². The van der Waals surface area contributed by atoms with Crippen LogP contribution in [0.25, 0.3) is 0 Å². The zero-order chi connectivity index (χ0) is 20.6. The van der Waals surface area contributed by atoms with Crippen LogP contribution in [0.3, 0.4) is 0 Å². The van der Waals surface area contributed by atoms with Crippen LogP contribution in [0.5, 0.6) is 0 Å². The Morgan fingerprint density at radius 1 is 1.29 bits per heavy atom.